The molecule has 0 N–H and O–H groups in total. The molecule has 2 unspecified atom stereocenters. The molecule has 0 spiro atoms. The van der Waals surface area contributed by atoms with E-state index in [1.165, 1.54) is 11.3 Å². The van der Waals surface area contributed by atoms with Gasteiger partial charge in [0, 0.05) is 23.0 Å². The van der Waals surface area contributed by atoms with Crippen LogP contribution in [0.1, 0.15) is 27.2 Å². The van der Waals surface area contributed by atoms with E-state index in [1.807, 2.05) is 0 Å². The molecule has 3 heteroatoms. The number of nitrogens with zero attached hydrogens (tertiary/aromatic N) is 1. The molecule has 0 aromatic carbocycles. The van der Waals surface area contributed by atoms with Crippen molar-refractivity contribution in [3.8, 4) is 0 Å². The summed E-state index contributed by atoms with van der Waals surface area (Å²) in [6, 6.07) is 0. The van der Waals surface area contributed by atoms with Crippen LogP contribution in [0, 0.1) is 11.3 Å². The van der Waals surface area contributed by atoms with E-state index in [4.69, 9.17) is 4.74 Å². The highest BCUT2D eigenvalue weighted by Gasteiger charge is 2.58. The Labute approximate surface area is 112 Å². The number of rotatable bonds is 1. The normalized spacial score (nSPS) is 38.6. The standard InChI is InChI=1S/C14H20BrNO/c1-13(2)11-5-4-10(9-15)8-12(11)16-6-7-17-14(13,16)3/h4-5,10H,6-9H2,1-3H3. The molecule has 1 fully saturated rings. The SMILES string of the molecule is CC1(C)C2=C(CC(CBr)C=C2)N2CCOC21C. The fourth-order valence-corrected chi connectivity index (χ4v) is 3.92. The van der Waals surface area contributed by atoms with Crippen molar-refractivity contribution in [3.63, 3.8) is 0 Å². The van der Waals surface area contributed by atoms with Crippen molar-refractivity contribution in [2.24, 2.45) is 11.3 Å². The van der Waals surface area contributed by atoms with E-state index in [0.717, 1.165) is 24.9 Å². The van der Waals surface area contributed by atoms with Gasteiger partial charge in [0.05, 0.1) is 6.61 Å². The summed E-state index contributed by atoms with van der Waals surface area (Å²) in [5, 5.41) is 1.05. The lowest BCUT2D eigenvalue weighted by Crippen LogP contribution is -2.47. The first-order valence-corrected chi connectivity index (χ1v) is 7.52. The molecule has 0 bridgehead atoms. The number of fused-ring (bicyclic) bond motifs is 2. The summed E-state index contributed by atoms with van der Waals surface area (Å²) in [5.74, 6) is 0.632. The number of ether oxygens (including phenoxy) is 1. The second kappa shape index (κ2) is 3.61. The molecule has 3 aliphatic rings. The Hall–Kier alpha value is -0.280. The molecule has 2 heterocycles. The summed E-state index contributed by atoms with van der Waals surface area (Å²) in [6.45, 7) is 8.77. The van der Waals surface area contributed by atoms with Crippen LogP contribution in [0.25, 0.3) is 0 Å². The predicted molar refractivity (Wildman–Crippen MR) is 72.9 cm³/mol. The Bertz CT molecular complexity index is 412. The Balaban J connectivity index is 2.05. The van der Waals surface area contributed by atoms with Crippen molar-refractivity contribution in [1.82, 2.24) is 4.90 Å². The number of halogens is 1. The Morgan fingerprint density at radius 3 is 2.94 bits per heavy atom. The zero-order valence-electron chi connectivity index (χ0n) is 10.8. The Kier molecular flexibility index (Phi) is 2.50. The lowest BCUT2D eigenvalue weighted by Gasteiger charge is -2.40. The average Bonchev–Trinajstić information content (AvgIpc) is 2.77. The molecule has 17 heavy (non-hydrogen) atoms. The van der Waals surface area contributed by atoms with Gasteiger partial charge in [-0.2, -0.15) is 0 Å². The van der Waals surface area contributed by atoms with Crippen LogP contribution in [0.15, 0.2) is 23.4 Å². The largest absolute Gasteiger partial charge is 0.353 e. The lowest BCUT2D eigenvalue weighted by molar-refractivity contribution is -0.105. The third-order valence-corrected chi connectivity index (χ3v) is 5.70. The highest BCUT2D eigenvalue weighted by molar-refractivity contribution is 9.09. The van der Waals surface area contributed by atoms with E-state index >= 15 is 0 Å². The molecule has 1 saturated heterocycles. The number of hydrogen-bond donors (Lipinski definition) is 0. The number of alkyl halides is 1. The highest BCUT2D eigenvalue weighted by Crippen LogP contribution is 2.56. The Morgan fingerprint density at radius 1 is 1.47 bits per heavy atom. The Morgan fingerprint density at radius 2 is 2.24 bits per heavy atom. The van der Waals surface area contributed by atoms with Gasteiger partial charge in [0.25, 0.3) is 0 Å². The van der Waals surface area contributed by atoms with E-state index in [1.54, 1.807) is 0 Å². The first kappa shape index (κ1) is 11.8. The van der Waals surface area contributed by atoms with Gasteiger partial charge in [-0.15, -0.1) is 0 Å². The topological polar surface area (TPSA) is 12.5 Å². The maximum absolute atomic E-state index is 6.08. The number of hydrogen-bond acceptors (Lipinski definition) is 2. The van der Waals surface area contributed by atoms with E-state index in [-0.39, 0.29) is 11.1 Å². The predicted octanol–water partition coefficient (Wildman–Crippen LogP) is 3.30. The third-order valence-electron chi connectivity index (χ3n) is 4.87. The zero-order chi connectivity index (χ0) is 12.3. The van der Waals surface area contributed by atoms with E-state index in [0.29, 0.717) is 5.92 Å². The molecule has 94 valence electrons. The van der Waals surface area contributed by atoms with Gasteiger partial charge < -0.3 is 9.64 Å². The summed E-state index contributed by atoms with van der Waals surface area (Å²) >= 11 is 3.60. The molecule has 3 rings (SSSR count). The summed E-state index contributed by atoms with van der Waals surface area (Å²) in [4.78, 5) is 2.50. The van der Waals surface area contributed by atoms with Crippen LogP contribution < -0.4 is 0 Å². The third kappa shape index (κ3) is 1.36. The van der Waals surface area contributed by atoms with Crippen molar-refractivity contribution >= 4 is 15.9 Å². The van der Waals surface area contributed by atoms with Crippen molar-refractivity contribution in [1.29, 1.82) is 0 Å². The lowest BCUT2D eigenvalue weighted by atomic mass is 9.76. The van der Waals surface area contributed by atoms with Gasteiger partial charge >= 0.3 is 0 Å². The smallest absolute Gasteiger partial charge is 0.147 e. The highest BCUT2D eigenvalue weighted by atomic mass is 79.9. The summed E-state index contributed by atoms with van der Waals surface area (Å²) in [7, 11) is 0. The molecule has 2 aliphatic heterocycles. The van der Waals surface area contributed by atoms with Crippen LogP contribution in [-0.2, 0) is 4.74 Å². The van der Waals surface area contributed by atoms with Crippen LogP contribution in [0.2, 0.25) is 0 Å². The quantitative estimate of drug-likeness (QED) is 0.689. The minimum atomic E-state index is -0.136. The van der Waals surface area contributed by atoms with Crippen molar-refractivity contribution in [3.05, 3.63) is 23.4 Å². The van der Waals surface area contributed by atoms with Crippen molar-refractivity contribution < 1.29 is 4.74 Å². The molecular weight excluding hydrogens is 278 g/mol. The van der Waals surface area contributed by atoms with Crippen LogP contribution in [0.3, 0.4) is 0 Å². The molecule has 1 aliphatic carbocycles. The molecule has 0 aromatic rings. The van der Waals surface area contributed by atoms with Crippen LogP contribution >= 0.6 is 15.9 Å². The van der Waals surface area contributed by atoms with Crippen LogP contribution in [0.5, 0.6) is 0 Å². The van der Waals surface area contributed by atoms with Crippen LogP contribution in [0.4, 0.5) is 0 Å². The molecule has 0 radical (unpaired) electrons. The van der Waals surface area contributed by atoms with Gasteiger partial charge in [-0.1, -0.05) is 41.9 Å². The van der Waals surface area contributed by atoms with Gasteiger partial charge in [0.1, 0.15) is 5.72 Å². The zero-order valence-corrected chi connectivity index (χ0v) is 12.4. The molecule has 0 aromatic heterocycles. The fourth-order valence-electron chi connectivity index (χ4n) is 3.47. The van der Waals surface area contributed by atoms with Crippen molar-refractivity contribution in [2.45, 2.75) is 32.9 Å². The van der Waals surface area contributed by atoms with Gasteiger partial charge in [0.15, 0.2) is 0 Å². The average molecular weight is 298 g/mol. The van der Waals surface area contributed by atoms with E-state index < -0.39 is 0 Å². The fraction of sp³-hybridized carbons (Fsp3) is 0.714. The summed E-state index contributed by atoms with van der Waals surface area (Å²) in [5.41, 5.74) is 2.95. The molecule has 2 nitrogen and oxygen atoms in total. The molecule has 2 atom stereocenters. The maximum atomic E-state index is 6.08. The summed E-state index contributed by atoms with van der Waals surface area (Å²) in [6.07, 6.45) is 5.83. The number of allylic oxidation sites excluding steroid dienone is 3. The second-order valence-corrected chi connectivity index (χ2v) is 6.59. The minimum absolute atomic E-state index is 0.0899. The van der Waals surface area contributed by atoms with Gasteiger partial charge in [0.2, 0.25) is 0 Å². The van der Waals surface area contributed by atoms with Gasteiger partial charge in [-0.05, 0) is 24.8 Å². The summed E-state index contributed by atoms with van der Waals surface area (Å²) < 4.78 is 6.08. The van der Waals surface area contributed by atoms with Crippen LogP contribution in [-0.4, -0.2) is 29.1 Å². The second-order valence-electron chi connectivity index (χ2n) is 5.95. The molecular formula is C14H20BrNO. The molecule has 0 amide bonds. The van der Waals surface area contributed by atoms with E-state index in [2.05, 4.69) is 53.8 Å². The first-order chi connectivity index (χ1) is 8.00. The van der Waals surface area contributed by atoms with Gasteiger partial charge in [-0.3, -0.25) is 0 Å². The van der Waals surface area contributed by atoms with Gasteiger partial charge in [-0.25, -0.2) is 0 Å². The first-order valence-electron chi connectivity index (χ1n) is 6.40. The van der Waals surface area contributed by atoms with Crippen molar-refractivity contribution in [2.75, 3.05) is 18.5 Å². The van der Waals surface area contributed by atoms with E-state index in [9.17, 15) is 0 Å². The maximum Gasteiger partial charge on any atom is 0.147 e. The monoisotopic (exact) mass is 297 g/mol. The minimum Gasteiger partial charge on any atom is -0.353 e. The molecule has 0 saturated carbocycles.